The van der Waals surface area contributed by atoms with E-state index in [1.807, 2.05) is 42.2 Å². The average Bonchev–Trinajstić information content (AvgIpc) is 3.02. The van der Waals surface area contributed by atoms with Crippen LogP contribution in [0.1, 0.15) is 34.8 Å². The Morgan fingerprint density at radius 2 is 1.89 bits per heavy atom. The molecule has 0 spiro atoms. The maximum Gasteiger partial charge on any atom is 0.420 e. The Labute approximate surface area is 157 Å². The fourth-order valence-electron chi connectivity index (χ4n) is 3.81. The van der Waals surface area contributed by atoms with Crippen LogP contribution in [0.2, 0.25) is 0 Å². The largest absolute Gasteiger partial charge is 0.496 e. The van der Waals surface area contributed by atoms with Crippen molar-refractivity contribution in [3.8, 4) is 5.75 Å². The van der Waals surface area contributed by atoms with E-state index in [-0.39, 0.29) is 17.7 Å². The third-order valence-corrected chi connectivity index (χ3v) is 5.22. The average molecular weight is 366 g/mol. The normalized spacial score (nSPS) is 15.3. The number of likely N-dealkylation sites (tertiary alicyclic amines) is 1. The lowest BCUT2D eigenvalue weighted by Crippen LogP contribution is -2.40. The lowest BCUT2D eigenvalue weighted by Gasteiger charge is -2.32. The lowest BCUT2D eigenvalue weighted by atomic mass is 10.0. The highest BCUT2D eigenvalue weighted by Crippen LogP contribution is 2.28. The predicted octanol–water partition coefficient (Wildman–Crippen LogP) is 3.39. The number of oxazole rings is 1. The van der Waals surface area contributed by atoms with Crippen LogP contribution in [0.25, 0.3) is 11.1 Å². The second-order valence-electron chi connectivity index (χ2n) is 6.93. The first-order valence-corrected chi connectivity index (χ1v) is 9.12. The smallest absolute Gasteiger partial charge is 0.420 e. The minimum Gasteiger partial charge on any atom is -0.496 e. The Morgan fingerprint density at radius 1 is 1.15 bits per heavy atom. The first kappa shape index (κ1) is 17.4. The van der Waals surface area contributed by atoms with Crippen LogP contribution in [-0.4, -0.2) is 35.6 Å². The van der Waals surface area contributed by atoms with Gasteiger partial charge in [0.05, 0.1) is 18.2 Å². The van der Waals surface area contributed by atoms with Gasteiger partial charge in [-0.2, -0.15) is 0 Å². The molecule has 0 N–H and O–H groups in total. The molecule has 2 aromatic carbocycles. The fourth-order valence-corrected chi connectivity index (χ4v) is 3.81. The van der Waals surface area contributed by atoms with Crippen LogP contribution in [0.5, 0.6) is 5.75 Å². The van der Waals surface area contributed by atoms with Gasteiger partial charge in [-0.25, -0.2) is 4.79 Å². The van der Waals surface area contributed by atoms with Crippen LogP contribution in [0.4, 0.5) is 0 Å². The van der Waals surface area contributed by atoms with Gasteiger partial charge in [0.2, 0.25) is 0 Å². The highest BCUT2D eigenvalue weighted by atomic mass is 16.5. The van der Waals surface area contributed by atoms with E-state index in [1.165, 1.54) is 0 Å². The van der Waals surface area contributed by atoms with Crippen LogP contribution in [-0.2, 0) is 0 Å². The van der Waals surface area contributed by atoms with E-state index >= 15 is 0 Å². The number of benzene rings is 2. The molecular weight excluding hydrogens is 344 g/mol. The molecule has 1 aliphatic rings. The SMILES string of the molecule is COc1ccccc1C(=O)N1CCC(n2c(=O)oc3ccc(C)cc32)CC1. The number of nitrogens with zero attached hydrogens (tertiary/aromatic N) is 2. The summed E-state index contributed by atoms with van der Waals surface area (Å²) in [5.74, 6) is 0.216. The van der Waals surface area contributed by atoms with E-state index in [9.17, 15) is 9.59 Å². The standard InChI is InChI=1S/C21H22N2O4/c1-14-7-8-19-17(13-14)23(21(25)27-19)15-9-11-22(12-10-15)20(24)16-5-3-4-6-18(16)26-2/h3-8,13,15H,9-12H2,1-2H3. The second kappa shape index (κ2) is 6.95. The summed E-state index contributed by atoms with van der Waals surface area (Å²) in [6, 6.07) is 13.0. The Hall–Kier alpha value is -3.02. The van der Waals surface area contributed by atoms with Crippen LogP contribution in [0, 0.1) is 6.92 Å². The van der Waals surface area contributed by atoms with E-state index in [0.717, 1.165) is 11.1 Å². The van der Waals surface area contributed by atoms with Crippen molar-refractivity contribution in [3.05, 3.63) is 64.1 Å². The summed E-state index contributed by atoms with van der Waals surface area (Å²) in [6.07, 6.45) is 1.42. The van der Waals surface area contributed by atoms with Crippen molar-refractivity contribution >= 4 is 17.0 Å². The highest BCUT2D eigenvalue weighted by molar-refractivity contribution is 5.97. The summed E-state index contributed by atoms with van der Waals surface area (Å²) in [4.78, 5) is 27.1. The van der Waals surface area contributed by atoms with E-state index in [1.54, 1.807) is 23.8 Å². The Morgan fingerprint density at radius 3 is 2.63 bits per heavy atom. The van der Waals surface area contributed by atoms with Crippen LogP contribution < -0.4 is 10.5 Å². The molecule has 1 saturated heterocycles. The summed E-state index contributed by atoms with van der Waals surface area (Å²) in [7, 11) is 1.57. The van der Waals surface area contributed by atoms with Crippen LogP contribution in [0.3, 0.4) is 0 Å². The van der Waals surface area contributed by atoms with Crippen molar-refractivity contribution in [2.24, 2.45) is 0 Å². The fraction of sp³-hybridized carbons (Fsp3) is 0.333. The Bertz CT molecular complexity index is 1040. The second-order valence-corrected chi connectivity index (χ2v) is 6.93. The van der Waals surface area contributed by atoms with Gasteiger partial charge in [-0.1, -0.05) is 18.2 Å². The molecule has 0 atom stereocenters. The quantitative estimate of drug-likeness (QED) is 0.713. The van der Waals surface area contributed by atoms with Gasteiger partial charge in [0.1, 0.15) is 5.75 Å². The third-order valence-electron chi connectivity index (χ3n) is 5.22. The molecule has 1 aliphatic heterocycles. The van der Waals surface area contributed by atoms with Gasteiger partial charge in [0.25, 0.3) is 5.91 Å². The van der Waals surface area contributed by atoms with E-state index in [4.69, 9.17) is 9.15 Å². The number of hydrogen-bond donors (Lipinski definition) is 0. The number of amides is 1. The molecule has 27 heavy (non-hydrogen) atoms. The molecule has 6 heteroatoms. The highest BCUT2D eigenvalue weighted by Gasteiger charge is 2.28. The number of ether oxygens (including phenoxy) is 1. The van der Waals surface area contributed by atoms with Crippen molar-refractivity contribution in [1.82, 2.24) is 9.47 Å². The van der Waals surface area contributed by atoms with Crippen LogP contribution in [0.15, 0.2) is 51.7 Å². The van der Waals surface area contributed by atoms with Gasteiger partial charge in [-0.05, 0) is 49.6 Å². The Kier molecular flexibility index (Phi) is 4.48. The molecule has 6 nitrogen and oxygen atoms in total. The zero-order chi connectivity index (χ0) is 19.0. The maximum atomic E-state index is 12.9. The number of aromatic nitrogens is 1. The molecule has 2 heterocycles. The maximum absolute atomic E-state index is 12.9. The summed E-state index contributed by atoms with van der Waals surface area (Å²) in [6.45, 7) is 3.18. The predicted molar refractivity (Wildman–Crippen MR) is 102 cm³/mol. The molecule has 0 aliphatic carbocycles. The Balaban J connectivity index is 1.54. The number of methoxy groups -OCH3 is 1. The molecule has 140 valence electrons. The number of carbonyl (C=O) groups excluding carboxylic acids is 1. The van der Waals surface area contributed by atoms with Gasteiger partial charge >= 0.3 is 5.76 Å². The van der Waals surface area contributed by atoms with E-state index < -0.39 is 0 Å². The molecule has 0 saturated carbocycles. The van der Waals surface area contributed by atoms with Gasteiger partial charge in [0.15, 0.2) is 5.58 Å². The van der Waals surface area contributed by atoms with Gasteiger partial charge in [0, 0.05) is 19.1 Å². The lowest BCUT2D eigenvalue weighted by molar-refractivity contribution is 0.0690. The number of piperidine rings is 1. The number of aryl methyl sites for hydroxylation is 1. The first-order valence-electron chi connectivity index (χ1n) is 9.12. The van der Waals surface area contributed by atoms with E-state index in [0.29, 0.717) is 42.8 Å². The third kappa shape index (κ3) is 3.12. The molecule has 0 bridgehead atoms. The zero-order valence-corrected chi connectivity index (χ0v) is 15.5. The summed E-state index contributed by atoms with van der Waals surface area (Å²) in [5.41, 5.74) is 3.09. The van der Waals surface area contributed by atoms with Crippen LogP contribution >= 0.6 is 0 Å². The molecule has 1 aromatic heterocycles. The number of carbonyl (C=O) groups is 1. The van der Waals surface area contributed by atoms with Gasteiger partial charge < -0.3 is 14.1 Å². The number of rotatable bonds is 3. The van der Waals surface area contributed by atoms with Crippen molar-refractivity contribution in [2.75, 3.05) is 20.2 Å². The molecule has 1 fully saturated rings. The van der Waals surface area contributed by atoms with E-state index in [2.05, 4.69) is 0 Å². The molecule has 0 radical (unpaired) electrons. The summed E-state index contributed by atoms with van der Waals surface area (Å²) >= 11 is 0. The summed E-state index contributed by atoms with van der Waals surface area (Å²) in [5, 5.41) is 0. The number of fused-ring (bicyclic) bond motifs is 1. The van der Waals surface area contributed by atoms with Crippen molar-refractivity contribution in [2.45, 2.75) is 25.8 Å². The van der Waals surface area contributed by atoms with Crippen molar-refractivity contribution in [3.63, 3.8) is 0 Å². The minimum atomic E-state index is -0.329. The topological polar surface area (TPSA) is 64.7 Å². The van der Waals surface area contributed by atoms with Gasteiger partial charge in [-0.15, -0.1) is 0 Å². The number of para-hydroxylation sites is 1. The van der Waals surface area contributed by atoms with Crippen molar-refractivity contribution < 1.29 is 13.9 Å². The molecule has 3 aromatic rings. The molecule has 0 unspecified atom stereocenters. The molecular formula is C21H22N2O4. The first-order chi connectivity index (χ1) is 13.1. The molecule has 1 amide bonds. The van der Waals surface area contributed by atoms with Crippen molar-refractivity contribution in [1.29, 1.82) is 0 Å². The summed E-state index contributed by atoms with van der Waals surface area (Å²) < 4.78 is 12.4. The number of hydrogen-bond acceptors (Lipinski definition) is 4. The van der Waals surface area contributed by atoms with Gasteiger partial charge in [-0.3, -0.25) is 9.36 Å². The zero-order valence-electron chi connectivity index (χ0n) is 15.5. The molecule has 4 rings (SSSR count). The minimum absolute atomic E-state index is 0.0299. The monoisotopic (exact) mass is 366 g/mol.